The first-order valence-corrected chi connectivity index (χ1v) is 12.0. The Bertz CT molecular complexity index is 1210. The molecule has 4 rings (SSSR count). The standard InChI is InChI=1S/C26H23N3O6S/c27-29-28-21-23(35-25(32)18-12-6-2-7-13-18)22(30)20(16-33-24(31)17-10-4-1-5-11-17)34-26(21)36-19-14-8-3-9-15-19/h1-15,20-23,26,30H,16H2/t20?,21?,22-,23?,26+/m1/s1. The quantitative estimate of drug-likeness (QED) is 0.204. The zero-order valence-corrected chi connectivity index (χ0v) is 19.8. The van der Waals surface area contributed by atoms with Crippen LogP contribution in [0.25, 0.3) is 10.4 Å². The van der Waals surface area contributed by atoms with Gasteiger partial charge in [0.1, 0.15) is 36.4 Å². The molecule has 5 atom stereocenters. The number of azide groups is 1. The molecular formula is C26H23N3O6S. The van der Waals surface area contributed by atoms with Gasteiger partial charge in [0, 0.05) is 9.81 Å². The van der Waals surface area contributed by atoms with Crippen molar-refractivity contribution < 1.29 is 28.9 Å². The number of ether oxygens (including phenoxy) is 3. The van der Waals surface area contributed by atoms with Gasteiger partial charge in [-0.1, -0.05) is 71.5 Å². The van der Waals surface area contributed by atoms with Crippen LogP contribution in [0.1, 0.15) is 20.7 Å². The van der Waals surface area contributed by atoms with E-state index >= 15 is 0 Å². The summed E-state index contributed by atoms with van der Waals surface area (Å²) >= 11 is 1.25. The van der Waals surface area contributed by atoms with Gasteiger partial charge in [-0.3, -0.25) is 0 Å². The molecule has 1 saturated heterocycles. The van der Waals surface area contributed by atoms with Crippen molar-refractivity contribution in [2.75, 3.05) is 6.61 Å². The lowest BCUT2D eigenvalue weighted by Crippen LogP contribution is -2.58. The Hall–Kier alpha value is -3.82. The van der Waals surface area contributed by atoms with E-state index in [2.05, 4.69) is 10.0 Å². The van der Waals surface area contributed by atoms with Gasteiger partial charge in [-0.2, -0.15) is 0 Å². The van der Waals surface area contributed by atoms with Crippen LogP contribution >= 0.6 is 11.8 Å². The van der Waals surface area contributed by atoms with E-state index in [-0.39, 0.29) is 12.2 Å². The highest BCUT2D eigenvalue weighted by atomic mass is 32.2. The predicted octanol–water partition coefficient (Wildman–Crippen LogP) is 4.63. The number of carbonyl (C=O) groups excluding carboxylic acids is 2. The minimum absolute atomic E-state index is 0.273. The Morgan fingerprint density at radius 2 is 1.47 bits per heavy atom. The zero-order valence-electron chi connectivity index (χ0n) is 19.0. The molecule has 1 fully saturated rings. The van der Waals surface area contributed by atoms with Crippen LogP contribution in [0.3, 0.4) is 0 Å². The summed E-state index contributed by atoms with van der Waals surface area (Å²) in [6.07, 6.45) is -3.72. The summed E-state index contributed by atoms with van der Waals surface area (Å²) in [6.45, 7) is -0.302. The topological polar surface area (TPSA) is 131 Å². The lowest BCUT2D eigenvalue weighted by Gasteiger charge is -2.42. The van der Waals surface area contributed by atoms with E-state index in [0.29, 0.717) is 5.56 Å². The zero-order chi connectivity index (χ0) is 25.3. The van der Waals surface area contributed by atoms with E-state index in [1.165, 1.54) is 11.8 Å². The molecule has 36 heavy (non-hydrogen) atoms. The third-order valence-electron chi connectivity index (χ3n) is 5.46. The Balaban J connectivity index is 1.58. The van der Waals surface area contributed by atoms with Crippen LogP contribution in [0.15, 0.2) is 101 Å². The third-order valence-corrected chi connectivity index (χ3v) is 6.63. The maximum absolute atomic E-state index is 12.8. The van der Waals surface area contributed by atoms with Gasteiger partial charge in [-0.05, 0) is 41.9 Å². The molecule has 1 aliphatic rings. The summed E-state index contributed by atoms with van der Waals surface area (Å²) in [6, 6.07) is 24.9. The summed E-state index contributed by atoms with van der Waals surface area (Å²) in [5.41, 5.74) is 9.01. The first-order valence-electron chi connectivity index (χ1n) is 11.1. The van der Waals surface area contributed by atoms with Crippen molar-refractivity contribution in [1.29, 1.82) is 0 Å². The Kier molecular flexibility index (Phi) is 8.59. The van der Waals surface area contributed by atoms with Crippen LogP contribution in [0.4, 0.5) is 0 Å². The van der Waals surface area contributed by atoms with E-state index in [4.69, 9.17) is 14.2 Å². The fraction of sp³-hybridized carbons (Fsp3) is 0.231. The lowest BCUT2D eigenvalue weighted by molar-refractivity contribution is -0.168. The average molecular weight is 506 g/mol. The van der Waals surface area contributed by atoms with Crippen LogP contribution in [0, 0.1) is 0 Å². The number of aliphatic hydroxyl groups excluding tert-OH is 1. The van der Waals surface area contributed by atoms with Gasteiger partial charge >= 0.3 is 11.9 Å². The molecule has 0 amide bonds. The molecule has 0 radical (unpaired) electrons. The summed E-state index contributed by atoms with van der Waals surface area (Å²) in [5.74, 6) is -1.28. The molecule has 0 aliphatic carbocycles. The molecule has 0 saturated carbocycles. The van der Waals surface area contributed by atoms with Crippen LogP contribution in [0.2, 0.25) is 0 Å². The molecular weight excluding hydrogens is 482 g/mol. The second-order valence-corrected chi connectivity index (χ2v) is 9.03. The molecule has 0 bridgehead atoms. The highest BCUT2D eigenvalue weighted by molar-refractivity contribution is 7.99. The molecule has 1 N–H and O–H groups in total. The van der Waals surface area contributed by atoms with Crippen molar-refractivity contribution in [1.82, 2.24) is 0 Å². The van der Waals surface area contributed by atoms with E-state index in [9.17, 15) is 20.2 Å². The molecule has 10 heteroatoms. The maximum Gasteiger partial charge on any atom is 0.338 e. The molecule has 3 unspecified atom stereocenters. The molecule has 184 valence electrons. The molecule has 9 nitrogen and oxygen atoms in total. The Morgan fingerprint density at radius 3 is 2.06 bits per heavy atom. The summed E-state index contributed by atoms with van der Waals surface area (Å²) in [4.78, 5) is 29.0. The van der Waals surface area contributed by atoms with Crippen molar-refractivity contribution in [2.45, 2.75) is 34.7 Å². The molecule has 1 aliphatic heterocycles. The largest absolute Gasteiger partial charge is 0.459 e. The predicted molar refractivity (Wildman–Crippen MR) is 132 cm³/mol. The lowest BCUT2D eigenvalue weighted by atomic mass is 9.98. The Labute approximate surface area is 211 Å². The van der Waals surface area contributed by atoms with Crippen molar-refractivity contribution in [2.24, 2.45) is 5.11 Å². The molecule has 3 aromatic rings. The number of thioether (sulfide) groups is 1. The first-order chi connectivity index (χ1) is 17.6. The number of esters is 2. The number of hydrogen-bond acceptors (Lipinski definition) is 8. The van der Waals surface area contributed by atoms with Crippen LogP contribution in [-0.4, -0.2) is 53.4 Å². The van der Waals surface area contributed by atoms with Crippen molar-refractivity contribution >= 4 is 23.7 Å². The van der Waals surface area contributed by atoms with E-state index in [0.717, 1.165) is 4.90 Å². The number of rotatable bonds is 8. The molecule has 3 aromatic carbocycles. The van der Waals surface area contributed by atoms with Gasteiger partial charge in [0.2, 0.25) is 0 Å². The summed E-state index contributed by atoms with van der Waals surface area (Å²) in [7, 11) is 0. The van der Waals surface area contributed by atoms with Gasteiger partial charge in [0.05, 0.1) is 11.1 Å². The van der Waals surface area contributed by atoms with E-state index in [1.54, 1.807) is 60.7 Å². The molecule has 1 heterocycles. The maximum atomic E-state index is 12.8. The minimum atomic E-state index is -1.43. The number of aliphatic hydroxyl groups is 1. The SMILES string of the molecule is [N-]=[N+]=NC1C(OC(=O)c2ccccc2)[C@H](O)C(COC(=O)c2ccccc2)O[C@H]1Sc1ccccc1. The van der Waals surface area contributed by atoms with Crippen LogP contribution < -0.4 is 0 Å². The van der Waals surface area contributed by atoms with Gasteiger partial charge in [0.15, 0.2) is 0 Å². The Morgan fingerprint density at radius 1 is 0.917 bits per heavy atom. The monoisotopic (exact) mass is 505 g/mol. The molecule has 0 aromatic heterocycles. The highest BCUT2D eigenvalue weighted by Gasteiger charge is 2.48. The van der Waals surface area contributed by atoms with Crippen LogP contribution in [-0.2, 0) is 14.2 Å². The van der Waals surface area contributed by atoms with Crippen LogP contribution in [0.5, 0.6) is 0 Å². The number of carbonyl (C=O) groups is 2. The van der Waals surface area contributed by atoms with Gasteiger partial charge in [-0.25, -0.2) is 9.59 Å². The summed E-state index contributed by atoms with van der Waals surface area (Å²) in [5, 5.41) is 14.9. The fourth-order valence-electron chi connectivity index (χ4n) is 3.67. The van der Waals surface area contributed by atoms with Crippen molar-refractivity contribution in [3.05, 3.63) is 113 Å². The fourth-order valence-corrected chi connectivity index (χ4v) is 4.80. The van der Waals surface area contributed by atoms with E-state index in [1.807, 2.05) is 30.3 Å². The van der Waals surface area contributed by atoms with Crippen molar-refractivity contribution in [3.63, 3.8) is 0 Å². The second kappa shape index (κ2) is 12.2. The van der Waals surface area contributed by atoms with Gasteiger partial charge in [-0.15, -0.1) is 0 Å². The smallest absolute Gasteiger partial charge is 0.338 e. The minimum Gasteiger partial charge on any atom is -0.459 e. The molecule has 0 spiro atoms. The number of benzene rings is 3. The first kappa shape index (κ1) is 25.3. The normalized spacial score (nSPS) is 23.2. The second-order valence-electron chi connectivity index (χ2n) is 7.86. The highest BCUT2D eigenvalue weighted by Crippen LogP contribution is 2.36. The average Bonchev–Trinajstić information content (AvgIpc) is 2.92. The summed E-state index contributed by atoms with van der Waals surface area (Å²) < 4.78 is 17.1. The third kappa shape index (κ3) is 6.24. The van der Waals surface area contributed by atoms with Gasteiger partial charge < -0.3 is 19.3 Å². The van der Waals surface area contributed by atoms with E-state index < -0.39 is 41.7 Å². The number of nitrogens with zero attached hydrogens (tertiary/aromatic N) is 3. The van der Waals surface area contributed by atoms with Crippen molar-refractivity contribution in [3.8, 4) is 0 Å². The van der Waals surface area contributed by atoms with Gasteiger partial charge in [0.25, 0.3) is 0 Å². The number of hydrogen-bond donors (Lipinski definition) is 1.